The van der Waals surface area contributed by atoms with Gasteiger partial charge in [0.05, 0.1) is 18.4 Å². The van der Waals surface area contributed by atoms with E-state index in [-0.39, 0.29) is 41.9 Å². The summed E-state index contributed by atoms with van der Waals surface area (Å²) in [5.41, 5.74) is 0. The van der Waals surface area contributed by atoms with E-state index >= 15 is 0 Å². The SMILES string of the molecule is O=C(CN1C(=O)C2CC2C1=O)C1CC1. The highest BCUT2D eigenvalue weighted by Gasteiger charge is 2.59. The molecule has 1 heterocycles. The predicted octanol–water partition coefficient (Wildman–Crippen LogP) is -0.0296. The Labute approximate surface area is 81.3 Å². The lowest BCUT2D eigenvalue weighted by atomic mass is 10.2. The first-order chi connectivity index (χ1) is 6.68. The van der Waals surface area contributed by atoms with Crippen LogP contribution in [0.15, 0.2) is 0 Å². The highest BCUT2D eigenvalue weighted by Crippen LogP contribution is 2.47. The van der Waals surface area contributed by atoms with Crippen molar-refractivity contribution >= 4 is 17.6 Å². The summed E-state index contributed by atoms with van der Waals surface area (Å²) in [6, 6.07) is 0. The summed E-state index contributed by atoms with van der Waals surface area (Å²) in [6.07, 6.45) is 2.58. The van der Waals surface area contributed by atoms with Gasteiger partial charge in [-0.3, -0.25) is 19.3 Å². The van der Waals surface area contributed by atoms with Crippen LogP contribution in [0.1, 0.15) is 19.3 Å². The summed E-state index contributed by atoms with van der Waals surface area (Å²) in [7, 11) is 0. The Morgan fingerprint density at radius 1 is 1.21 bits per heavy atom. The number of hydrogen-bond donors (Lipinski definition) is 0. The molecule has 0 aromatic heterocycles. The molecule has 74 valence electrons. The van der Waals surface area contributed by atoms with E-state index in [1.165, 1.54) is 4.90 Å². The Bertz CT molecular complexity index is 325. The molecule has 1 aliphatic heterocycles. The van der Waals surface area contributed by atoms with Gasteiger partial charge in [-0.25, -0.2) is 0 Å². The van der Waals surface area contributed by atoms with Gasteiger partial charge in [0.2, 0.25) is 11.8 Å². The van der Waals surface area contributed by atoms with Crippen molar-refractivity contribution in [3.63, 3.8) is 0 Å². The summed E-state index contributed by atoms with van der Waals surface area (Å²) in [5, 5.41) is 0. The van der Waals surface area contributed by atoms with Crippen LogP contribution in [-0.4, -0.2) is 29.0 Å². The largest absolute Gasteiger partial charge is 0.297 e. The number of likely N-dealkylation sites (tertiary alicyclic amines) is 1. The summed E-state index contributed by atoms with van der Waals surface area (Å²) in [6.45, 7) is 0.0370. The fourth-order valence-corrected chi connectivity index (χ4v) is 2.10. The Morgan fingerprint density at radius 3 is 2.29 bits per heavy atom. The third-order valence-corrected chi connectivity index (χ3v) is 3.30. The second-order valence-electron chi connectivity index (χ2n) is 4.45. The third-order valence-electron chi connectivity index (χ3n) is 3.30. The molecule has 3 fully saturated rings. The van der Waals surface area contributed by atoms with Gasteiger partial charge < -0.3 is 0 Å². The molecule has 2 aliphatic carbocycles. The molecule has 0 aromatic rings. The topological polar surface area (TPSA) is 54.5 Å². The molecule has 3 aliphatic rings. The monoisotopic (exact) mass is 193 g/mol. The minimum atomic E-state index is -0.117. The average Bonchev–Trinajstić information content (AvgIpc) is 3.03. The van der Waals surface area contributed by atoms with Crippen LogP contribution in [0.2, 0.25) is 0 Å². The molecule has 14 heavy (non-hydrogen) atoms. The average molecular weight is 193 g/mol. The van der Waals surface area contributed by atoms with E-state index in [0.717, 1.165) is 12.8 Å². The van der Waals surface area contributed by atoms with Crippen LogP contribution in [0, 0.1) is 17.8 Å². The molecule has 0 N–H and O–H groups in total. The van der Waals surface area contributed by atoms with Crippen LogP contribution < -0.4 is 0 Å². The van der Waals surface area contributed by atoms with Gasteiger partial charge in [0.1, 0.15) is 0 Å². The van der Waals surface area contributed by atoms with Crippen molar-refractivity contribution in [2.45, 2.75) is 19.3 Å². The predicted molar refractivity (Wildman–Crippen MR) is 46.0 cm³/mol. The molecule has 3 rings (SSSR count). The number of hydrogen-bond acceptors (Lipinski definition) is 3. The van der Waals surface area contributed by atoms with E-state index < -0.39 is 0 Å². The van der Waals surface area contributed by atoms with E-state index in [0.29, 0.717) is 6.42 Å². The number of Topliss-reactive ketones (excluding diaryl/α,β-unsaturated/α-hetero) is 1. The van der Waals surface area contributed by atoms with Gasteiger partial charge in [0.15, 0.2) is 5.78 Å². The number of amides is 2. The number of carbonyl (C=O) groups excluding carboxylic acids is 3. The third kappa shape index (κ3) is 1.03. The molecule has 2 unspecified atom stereocenters. The van der Waals surface area contributed by atoms with Crippen molar-refractivity contribution in [2.75, 3.05) is 6.54 Å². The van der Waals surface area contributed by atoms with Crippen LogP contribution in [0.3, 0.4) is 0 Å². The van der Waals surface area contributed by atoms with E-state index in [1.807, 2.05) is 0 Å². The Balaban J connectivity index is 1.70. The van der Waals surface area contributed by atoms with Crippen LogP contribution >= 0.6 is 0 Å². The van der Waals surface area contributed by atoms with Gasteiger partial charge in [0, 0.05) is 5.92 Å². The van der Waals surface area contributed by atoms with E-state index in [4.69, 9.17) is 0 Å². The Kier molecular flexibility index (Phi) is 1.42. The summed E-state index contributed by atoms with van der Waals surface area (Å²) in [5.74, 6) is -0.187. The number of fused-ring (bicyclic) bond motifs is 1. The summed E-state index contributed by atoms with van der Waals surface area (Å²) in [4.78, 5) is 35.6. The van der Waals surface area contributed by atoms with Crippen LogP contribution in [-0.2, 0) is 14.4 Å². The number of rotatable bonds is 3. The molecule has 2 saturated carbocycles. The number of piperidine rings is 1. The molecule has 2 amide bonds. The quantitative estimate of drug-likeness (QED) is 0.591. The van der Waals surface area contributed by atoms with E-state index in [9.17, 15) is 14.4 Å². The smallest absolute Gasteiger partial charge is 0.233 e. The van der Waals surface area contributed by atoms with Crippen LogP contribution in [0.5, 0.6) is 0 Å². The Hall–Kier alpha value is -1.19. The highest BCUT2D eigenvalue weighted by molar-refractivity contribution is 6.11. The maximum atomic E-state index is 11.5. The van der Waals surface area contributed by atoms with Crippen molar-refractivity contribution in [1.82, 2.24) is 4.90 Å². The fourth-order valence-electron chi connectivity index (χ4n) is 2.10. The lowest BCUT2D eigenvalue weighted by Gasteiger charge is -2.14. The van der Waals surface area contributed by atoms with Gasteiger partial charge in [-0.2, -0.15) is 0 Å². The second kappa shape index (κ2) is 2.43. The number of carbonyl (C=O) groups is 3. The number of nitrogens with zero attached hydrogens (tertiary/aromatic N) is 1. The first-order valence-electron chi connectivity index (χ1n) is 5.06. The van der Waals surface area contributed by atoms with Crippen molar-refractivity contribution in [3.8, 4) is 0 Å². The first-order valence-corrected chi connectivity index (χ1v) is 5.06. The zero-order valence-corrected chi connectivity index (χ0v) is 7.73. The molecule has 0 aromatic carbocycles. The number of imide groups is 1. The molecule has 0 spiro atoms. The van der Waals surface area contributed by atoms with Gasteiger partial charge in [-0.15, -0.1) is 0 Å². The standard InChI is InChI=1S/C10H11NO3/c12-8(5-1-2-5)4-11-9(13)6-3-7(6)10(11)14/h5-7H,1-4H2. The first kappa shape index (κ1) is 8.15. The van der Waals surface area contributed by atoms with Gasteiger partial charge in [-0.05, 0) is 19.3 Å². The number of ketones is 1. The van der Waals surface area contributed by atoms with E-state index in [2.05, 4.69) is 0 Å². The van der Waals surface area contributed by atoms with Crippen molar-refractivity contribution < 1.29 is 14.4 Å². The molecule has 0 bridgehead atoms. The maximum absolute atomic E-state index is 11.5. The minimum absolute atomic E-state index is 0.0370. The zero-order chi connectivity index (χ0) is 9.87. The summed E-state index contributed by atoms with van der Waals surface area (Å²) >= 11 is 0. The molecular formula is C10H11NO3. The molecular weight excluding hydrogens is 182 g/mol. The van der Waals surface area contributed by atoms with Gasteiger partial charge in [-0.1, -0.05) is 0 Å². The second-order valence-corrected chi connectivity index (χ2v) is 4.45. The van der Waals surface area contributed by atoms with Gasteiger partial charge in [0.25, 0.3) is 0 Å². The zero-order valence-electron chi connectivity index (χ0n) is 7.73. The van der Waals surface area contributed by atoms with Gasteiger partial charge >= 0.3 is 0 Å². The normalized spacial score (nSPS) is 34.7. The molecule has 4 heteroatoms. The van der Waals surface area contributed by atoms with Crippen molar-refractivity contribution in [3.05, 3.63) is 0 Å². The van der Waals surface area contributed by atoms with E-state index in [1.54, 1.807) is 0 Å². The lowest BCUT2D eigenvalue weighted by Crippen LogP contribution is -2.37. The highest BCUT2D eigenvalue weighted by atomic mass is 16.2. The Morgan fingerprint density at radius 2 is 1.79 bits per heavy atom. The summed E-state index contributed by atoms with van der Waals surface area (Å²) < 4.78 is 0. The lowest BCUT2D eigenvalue weighted by molar-refractivity contribution is -0.144. The maximum Gasteiger partial charge on any atom is 0.233 e. The molecule has 2 atom stereocenters. The molecule has 0 radical (unpaired) electrons. The fraction of sp³-hybridized carbons (Fsp3) is 0.700. The minimum Gasteiger partial charge on any atom is -0.297 e. The van der Waals surface area contributed by atoms with Crippen LogP contribution in [0.25, 0.3) is 0 Å². The van der Waals surface area contributed by atoms with Crippen molar-refractivity contribution in [2.24, 2.45) is 17.8 Å². The molecule has 4 nitrogen and oxygen atoms in total. The van der Waals surface area contributed by atoms with Crippen molar-refractivity contribution in [1.29, 1.82) is 0 Å². The molecule has 1 saturated heterocycles. The van der Waals surface area contributed by atoms with Crippen LogP contribution in [0.4, 0.5) is 0 Å².